The molecule has 0 aliphatic carbocycles. The second-order valence-electron chi connectivity index (χ2n) is 7.05. The number of rotatable bonds is 6. The summed E-state index contributed by atoms with van der Waals surface area (Å²) >= 11 is 0. The Morgan fingerprint density at radius 2 is 1.89 bits per heavy atom. The van der Waals surface area contributed by atoms with Gasteiger partial charge in [-0.2, -0.15) is 13.2 Å². The SMILES string of the molecule is COc1ccc(C(F)(F)F)cc1N(C)C1C(CCO)CNC1c1ccccc1. The molecule has 1 aliphatic heterocycles. The standard InChI is InChI=1S/C21H25F3N2O2/c1-26(17-12-16(21(22,23)24)8-9-18(17)28-2)20-15(10-11-27)13-25-19(20)14-6-4-3-5-7-14/h3-9,12,15,19-20,25,27H,10-11,13H2,1-2H3. The van der Waals surface area contributed by atoms with Crippen LogP contribution in [0.15, 0.2) is 48.5 Å². The van der Waals surface area contributed by atoms with Gasteiger partial charge in [-0.25, -0.2) is 0 Å². The van der Waals surface area contributed by atoms with E-state index in [4.69, 9.17) is 4.74 Å². The molecule has 0 bridgehead atoms. The van der Waals surface area contributed by atoms with Crippen molar-refractivity contribution in [1.29, 1.82) is 0 Å². The van der Waals surface area contributed by atoms with Crippen molar-refractivity contribution in [2.45, 2.75) is 24.7 Å². The molecule has 0 aromatic heterocycles. The first-order valence-electron chi connectivity index (χ1n) is 9.24. The van der Waals surface area contributed by atoms with Crippen molar-refractivity contribution in [3.63, 3.8) is 0 Å². The lowest BCUT2D eigenvalue weighted by Gasteiger charge is -2.36. The van der Waals surface area contributed by atoms with E-state index in [-0.39, 0.29) is 24.6 Å². The number of benzene rings is 2. The highest BCUT2D eigenvalue weighted by Gasteiger charge is 2.40. The normalized spacial score (nSPS) is 22.3. The molecule has 2 N–H and O–H groups in total. The maximum Gasteiger partial charge on any atom is 0.416 e. The van der Waals surface area contributed by atoms with E-state index in [0.717, 1.165) is 17.7 Å². The molecule has 7 heteroatoms. The van der Waals surface area contributed by atoms with Crippen molar-refractivity contribution >= 4 is 5.69 Å². The first-order valence-corrected chi connectivity index (χ1v) is 9.24. The molecule has 0 spiro atoms. The lowest BCUT2D eigenvalue weighted by molar-refractivity contribution is -0.137. The molecule has 3 unspecified atom stereocenters. The number of anilines is 1. The highest BCUT2D eigenvalue weighted by Crippen LogP contribution is 2.41. The van der Waals surface area contributed by atoms with Gasteiger partial charge in [0.1, 0.15) is 5.75 Å². The van der Waals surface area contributed by atoms with Crippen LogP contribution in [0.4, 0.5) is 18.9 Å². The lowest BCUT2D eigenvalue weighted by Crippen LogP contribution is -2.40. The number of hydrogen-bond donors (Lipinski definition) is 2. The topological polar surface area (TPSA) is 44.7 Å². The van der Waals surface area contributed by atoms with Crippen LogP contribution in [0.5, 0.6) is 5.75 Å². The zero-order valence-corrected chi connectivity index (χ0v) is 15.9. The zero-order valence-electron chi connectivity index (χ0n) is 15.9. The van der Waals surface area contributed by atoms with Gasteiger partial charge in [-0.15, -0.1) is 0 Å². The monoisotopic (exact) mass is 394 g/mol. The van der Waals surface area contributed by atoms with Crippen LogP contribution in [0.2, 0.25) is 0 Å². The molecule has 1 saturated heterocycles. The number of hydrogen-bond acceptors (Lipinski definition) is 4. The molecule has 28 heavy (non-hydrogen) atoms. The molecule has 0 amide bonds. The second-order valence-corrected chi connectivity index (χ2v) is 7.05. The largest absolute Gasteiger partial charge is 0.495 e. The Kier molecular flexibility index (Phi) is 6.15. The molecule has 3 rings (SSSR count). The van der Waals surface area contributed by atoms with Crippen LogP contribution in [0.3, 0.4) is 0 Å². The fourth-order valence-electron chi connectivity index (χ4n) is 4.05. The van der Waals surface area contributed by atoms with Gasteiger partial charge >= 0.3 is 6.18 Å². The van der Waals surface area contributed by atoms with Gasteiger partial charge < -0.3 is 20.1 Å². The predicted molar refractivity (Wildman–Crippen MR) is 103 cm³/mol. The van der Waals surface area contributed by atoms with Crippen LogP contribution in [0, 0.1) is 5.92 Å². The summed E-state index contributed by atoms with van der Waals surface area (Å²) in [5.74, 6) is 0.469. The Balaban J connectivity index is 2.02. The number of alkyl halides is 3. The van der Waals surface area contributed by atoms with E-state index in [1.807, 2.05) is 35.2 Å². The van der Waals surface area contributed by atoms with E-state index in [2.05, 4.69) is 5.32 Å². The van der Waals surface area contributed by atoms with Crippen LogP contribution in [-0.4, -0.2) is 38.5 Å². The van der Waals surface area contributed by atoms with E-state index in [1.54, 1.807) is 7.05 Å². The number of nitrogens with one attached hydrogen (secondary N) is 1. The van der Waals surface area contributed by atoms with Gasteiger partial charge in [-0.05, 0) is 36.1 Å². The molecule has 3 atom stereocenters. The number of halogens is 3. The number of likely N-dealkylation sites (N-methyl/N-ethyl adjacent to an activating group) is 1. The van der Waals surface area contributed by atoms with Gasteiger partial charge in [0.15, 0.2) is 0 Å². The molecule has 1 fully saturated rings. The van der Waals surface area contributed by atoms with Gasteiger partial charge in [0, 0.05) is 20.2 Å². The minimum absolute atomic E-state index is 0.0257. The summed E-state index contributed by atoms with van der Waals surface area (Å²) in [7, 11) is 3.24. The van der Waals surface area contributed by atoms with E-state index in [9.17, 15) is 18.3 Å². The minimum Gasteiger partial charge on any atom is -0.495 e. The van der Waals surface area contributed by atoms with Gasteiger partial charge in [0.05, 0.1) is 30.4 Å². The third-order valence-electron chi connectivity index (χ3n) is 5.42. The Morgan fingerprint density at radius 3 is 2.50 bits per heavy atom. The number of nitrogens with zero attached hydrogens (tertiary/aromatic N) is 1. The Morgan fingerprint density at radius 1 is 1.18 bits per heavy atom. The van der Waals surface area contributed by atoms with Gasteiger partial charge in [0.25, 0.3) is 0 Å². The number of ether oxygens (including phenoxy) is 1. The Bertz CT molecular complexity index is 783. The van der Waals surface area contributed by atoms with Crippen LogP contribution in [0.1, 0.15) is 23.6 Å². The van der Waals surface area contributed by atoms with Gasteiger partial charge in [0.2, 0.25) is 0 Å². The van der Waals surface area contributed by atoms with Crippen molar-refractivity contribution in [2.24, 2.45) is 5.92 Å². The Labute approximate surface area is 162 Å². The maximum absolute atomic E-state index is 13.3. The molecule has 0 saturated carbocycles. The van der Waals surface area contributed by atoms with Crippen molar-refractivity contribution in [3.8, 4) is 5.75 Å². The smallest absolute Gasteiger partial charge is 0.416 e. The van der Waals surface area contributed by atoms with E-state index in [0.29, 0.717) is 24.4 Å². The third kappa shape index (κ3) is 4.10. The Hall–Kier alpha value is -2.25. The molecule has 1 aliphatic rings. The van der Waals surface area contributed by atoms with E-state index in [1.165, 1.54) is 13.2 Å². The molecular formula is C21H25F3N2O2. The van der Waals surface area contributed by atoms with Crippen LogP contribution >= 0.6 is 0 Å². The van der Waals surface area contributed by atoms with E-state index >= 15 is 0 Å². The fraction of sp³-hybridized carbons (Fsp3) is 0.429. The average Bonchev–Trinajstić information content (AvgIpc) is 3.11. The number of aliphatic hydroxyl groups excluding tert-OH is 1. The van der Waals surface area contributed by atoms with Crippen molar-refractivity contribution in [2.75, 3.05) is 32.2 Å². The molecule has 0 radical (unpaired) electrons. The summed E-state index contributed by atoms with van der Waals surface area (Å²) in [5, 5.41) is 13.0. The summed E-state index contributed by atoms with van der Waals surface area (Å²) in [5.41, 5.74) is 0.733. The summed E-state index contributed by atoms with van der Waals surface area (Å²) < 4.78 is 45.2. The van der Waals surface area contributed by atoms with Crippen molar-refractivity contribution < 1.29 is 23.0 Å². The van der Waals surface area contributed by atoms with Gasteiger partial charge in [-0.3, -0.25) is 0 Å². The molecule has 4 nitrogen and oxygen atoms in total. The number of methoxy groups -OCH3 is 1. The van der Waals surface area contributed by atoms with Crippen LogP contribution in [0.25, 0.3) is 0 Å². The molecule has 2 aromatic rings. The fourth-order valence-corrected chi connectivity index (χ4v) is 4.05. The summed E-state index contributed by atoms with van der Waals surface area (Å²) in [6.07, 6.45) is -3.87. The van der Waals surface area contributed by atoms with Crippen LogP contribution in [-0.2, 0) is 6.18 Å². The summed E-state index contributed by atoms with van der Waals surface area (Å²) in [4.78, 5) is 1.85. The summed E-state index contributed by atoms with van der Waals surface area (Å²) in [6, 6.07) is 13.1. The molecular weight excluding hydrogens is 369 g/mol. The quantitative estimate of drug-likeness (QED) is 0.781. The predicted octanol–water partition coefficient (Wildman–Crippen LogP) is 3.86. The molecule has 1 heterocycles. The first kappa shape index (κ1) is 20.5. The van der Waals surface area contributed by atoms with Gasteiger partial charge in [-0.1, -0.05) is 30.3 Å². The lowest BCUT2D eigenvalue weighted by atomic mass is 9.90. The third-order valence-corrected chi connectivity index (χ3v) is 5.42. The second kappa shape index (κ2) is 8.41. The highest BCUT2D eigenvalue weighted by atomic mass is 19.4. The van der Waals surface area contributed by atoms with Crippen molar-refractivity contribution in [3.05, 3.63) is 59.7 Å². The van der Waals surface area contributed by atoms with Crippen molar-refractivity contribution in [1.82, 2.24) is 5.32 Å². The molecule has 2 aromatic carbocycles. The van der Waals surface area contributed by atoms with Crippen LogP contribution < -0.4 is 15.0 Å². The zero-order chi connectivity index (χ0) is 20.3. The highest BCUT2D eigenvalue weighted by molar-refractivity contribution is 5.61. The number of aliphatic hydroxyl groups is 1. The first-order chi connectivity index (χ1) is 13.4. The average molecular weight is 394 g/mol. The molecule has 152 valence electrons. The maximum atomic E-state index is 13.3. The van der Waals surface area contributed by atoms with E-state index < -0.39 is 11.7 Å². The minimum atomic E-state index is -4.43. The summed E-state index contributed by atoms with van der Waals surface area (Å²) in [6.45, 7) is 0.703.